The van der Waals surface area contributed by atoms with Gasteiger partial charge < -0.3 is 14.3 Å². The number of amides is 1. The maximum Gasteiger partial charge on any atom is 0.287 e. The summed E-state index contributed by atoms with van der Waals surface area (Å²) >= 11 is 5.98. The van der Waals surface area contributed by atoms with Crippen molar-refractivity contribution in [3.8, 4) is 11.3 Å². The predicted octanol–water partition coefficient (Wildman–Crippen LogP) is 4.17. The average Bonchev–Trinajstić information content (AvgIpc) is 3.46. The van der Waals surface area contributed by atoms with Gasteiger partial charge in [0.05, 0.1) is 25.0 Å². The molecule has 7 nitrogen and oxygen atoms in total. The van der Waals surface area contributed by atoms with Crippen molar-refractivity contribution < 1.29 is 13.7 Å². The summed E-state index contributed by atoms with van der Waals surface area (Å²) in [6.45, 7) is 2.81. The van der Waals surface area contributed by atoms with Crippen molar-refractivity contribution in [1.29, 1.82) is 0 Å². The fraction of sp³-hybridized carbons (Fsp3) is 0.227. The maximum absolute atomic E-state index is 12.7. The summed E-state index contributed by atoms with van der Waals surface area (Å²) in [5.41, 5.74) is 4.90. The Bertz CT molecular complexity index is 1210. The van der Waals surface area contributed by atoms with Gasteiger partial charge in [0, 0.05) is 34.8 Å². The molecule has 1 amide bonds. The second kappa shape index (κ2) is 7.50. The molecule has 0 radical (unpaired) electrons. The minimum Gasteiger partial charge on any atom is -0.455 e. The molecule has 1 aliphatic rings. The van der Waals surface area contributed by atoms with Crippen molar-refractivity contribution in [2.45, 2.75) is 32.9 Å². The minimum absolute atomic E-state index is 0.255. The lowest BCUT2D eigenvalue weighted by Gasteiger charge is -2.09. The quantitative estimate of drug-likeness (QED) is 0.521. The Morgan fingerprint density at radius 3 is 2.83 bits per heavy atom. The van der Waals surface area contributed by atoms with Crippen LogP contribution in [0.2, 0.25) is 5.02 Å². The molecule has 30 heavy (non-hydrogen) atoms. The van der Waals surface area contributed by atoms with E-state index in [0.29, 0.717) is 23.1 Å². The third-order valence-electron chi connectivity index (χ3n) is 5.29. The van der Waals surface area contributed by atoms with Gasteiger partial charge in [-0.2, -0.15) is 5.10 Å². The van der Waals surface area contributed by atoms with E-state index in [2.05, 4.69) is 16.7 Å². The highest BCUT2D eigenvalue weighted by Gasteiger charge is 2.29. The molecule has 0 saturated carbocycles. The number of hydrogen-bond donors (Lipinski definition) is 1. The highest BCUT2D eigenvalue weighted by atomic mass is 35.5. The fourth-order valence-corrected chi connectivity index (χ4v) is 3.94. The van der Waals surface area contributed by atoms with Crippen LogP contribution in [0, 0.1) is 6.92 Å². The third-order valence-corrected chi connectivity index (χ3v) is 5.55. The summed E-state index contributed by atoms with van der Waals surface area (Å²) in [6, 6.07) is 9.45. The van der Waals surface area contributed by atoms with Crippen molar-refractivity contribution >= 4 is 17.5 Å². The molecular formula is C22H19ClN4O3. The molecule has 152 valence electrons. The first-order chi connectivity index (χ1) is 14.6. The Morgan fingerprint density at radius 1 is 1.23 bits per heavy atom. The normalized spacial score (nSPS) is 12.5. The van der Waals surface area contributed by atoms with Crippen molar-refractivity contribution in [2.75, 3.05) is 0 Å². The number of nitrogens with zero attached hydrogens (tertiary/aromatic N) is 3. The van der Waals surface area contributed by atoms with Gasteiger partial charge in [0.15, 0.2) is 11.5 Å². The predicted molar refractivity (Wildman–Crippen MR) is 110 cm³/mol. The number of aryl methyl sites for hydroxylation is 2. The summed E-state index contributed by atoms with van der Waals surface area (Å²) in [6.07, 6.45) is 5.18. The van der Waals surface area contributed by atoms with Crippen LogP contribution in [-0.4, -0.2) is 20.8 Å². The van der Waals surface area contributed by atoms with Gasteiger partial charge in [0.2, 0.25) is 0 Å². The molecule has 0 aliphatic heterocycles. The smallest absolute Gasteiger partial charge is 0.287 e. The topological polar surface area (TPSA) is 86.1 Å². The molecule has 0 atom stereocenters. The number of benzene rings is 1. The lowest BCUT2D eigenvalue weighted by Crippen LogP contribution is -2.22. The summed E-state index contributed by atoms with van der Waals surface area (Å²) in [7, 11) is 0. The van der Waals surface area contributed by atoms with Gasteiger partial charge in [0.1, 0.15) is 5.76 Å². The number of rotatable bonds is 5. The Labute approximate surface area is 177 Å². The molecule has 0 bridgehead atoms. The van der Waals surface area contributed by atoms with Crippen LogP contribution in [0.3, 0.4) is 0 Å². The first-order valence-corrected chi connectivity index (χ1v) is 10.1. The van der Waals surface area contributed by atoms with E-state index in [0.717, 1.165) is 46.5 Å². The van der Waals surface area contributed by atoms with Gasteiger partial charge in [-0.15, -0.1) is 0 Å². The number of fused-ring (bicyclic) bond motifs is 3. The van der Waals surface area contributed by atoms with Gasteiger partial charge in [-0.25, -0.2) is 0 Å². The average molecular weight is 423 g/mol. The molecule has 1 aliphatic carbocycles. The van der Waals surface area contributed by atoms with Crippen LogP contribution in [0.5, 0.6) is 0 Å². The highest BCUT2D eigenvalue weighted by Crippen LogP contribution is 2.38. The first kappa shape index (κ1) is 18.7. The van der Waals surface area contributed by atoms with Crippen LogP contribution in [0.15, 0.2) is 51.7 Å². The standard InChI is InChI=1S/C22H19ClN4O3/c1-13-19-18(29-21(13)22(28)24-10-17-8-9-25-30-17)7-4-15-12-27(26-20(15)19)11-14-2-5-16(23)6-3-14/h2-3,5-6,8-9,12H,4,7,10-11H2,1H3,(H,24,28). The fourth-order valence-electron chi connectivity index (χ4n) is 3.82. The van der Waals surface area contributed by atoms with Gasteiger partial charge >= 0.3 is 0 Å². The lowest BCUT2D eigenvalue weighted by atomic mass is 9.93. The van der Waals surface area contributed by atoms with Crippen molar-refractivity contribution in [3.05, 3.63) is 81.7 Å². The highest BCUT2D eigenvalue weighted by molar-refractivity contribution is 6.30. The largest absolute Gasteiger partial charge is 0.455 e. The van der Waals surface area contributed by atoms with Crippen LogP contribution in [0.1, 0.15) is 38.8 Å². The molecule has 0 unspecified atom stereocenters. The van der Waals surface area contributed by atoms with Crippen LogP contribution in [-0.2, 0) is 25.9 Å². The van der Waals surface area contributed by atoms with Gasteiger partial charge in [0.25, 0.3) is 5.91 Å². The number of carbonyl (C=O) groups excluding carboxylic acids is 1. The van der Waals surface area contributed by atoms with Crippen LogP contribution >= 0.6 is 11.6 Å². The Morgan fingerprint density at radius 2 is 2.07 bits per heavy atom. The Hall–Kier alpha value is -3.32. The Kier molecular flexibility index (Phi) is 4.67. The van der Waals surface area contributed by atoms with E-state index in [9.17, 15) is 4.79 Å². The van der Waals surface area contributed by atoms with Gasteiger partial charge in [-0.05, 0) is 36.6 Å². The zero-order chi connectivity index (χ0) is 20.7. The molecule has 0 saturated heterocycles. The second-order valence-electron chi connectivity index (χ2n) is 7.34. The molecule has 5 rings (SSSR count). The lowest BCUT2D eigenvalue weighted by molar-refractivity contribution is 0.0916. The summed E-state index contributed by atoms with van der Waals surface area (Å²) in [5, 5.41) is 12.0. The van der Waals surface area contributed by atoms with Crippen molar-refractivity contribution in [2.24, 2.45) is 0 Å². The number of furan rings is 1. The summed E-state index contributed by atoms with van der Waals surface area (Å²) in [5.74, 6) is 1.43. The van der Waals surface area contributed by atoms with Crippen molar-refractivity contribution in [3.63, 3.8) is 0 Å². The molecule has 3 aromatic heterocycles. The maximum atomic E-state index is 12.7. The van der Waals surface area contributed by atoms with Crippen LogP contribution < -0.4 is 5.32 Å². The third kappa shape index (κ3) is 3.41. The van der Waals surface area contributed by atoms with Gasteiger partial charge in [-0.1, -0.05) is 28.9 Å². The van der Waals surface area contributed by atoms with E-state index in [1.807, 2.05) is 35.9 Å². The van der Waals surface area contributed by atoms with E-state index in [1.54, 1.807) is 12.3 Å². The summed E-state index contributed by atoms with van der Waals surface area (Å²) in [4.78, 5) is 12.7. The zero-order valence-electron chi connectivity index (χ0n) is 16.3. The van der Waals surface area contributed by atoms with E-state index < -0.39 is 0 Å². The molecular weight excluding hydrogens is 404 g/mol. The molecule has 0 spiro atoms. The van der Waals surface area contributed by atoms with E-state index in [4.69, 9.17) is 25.6 Å². The molecule has 1 N–H and O–H groups in total. The van der Waals surface area contributed by atoms with E-state index in [-0.39, 0.29) is 12.5 Å². The SMILES string of the molecule is Cc1c(C(=O)NCc2ccno2)oc2c1-c1nn(Cc3ccc(Cl)cc3)cc1CC2. The van der Waals surface area contributed by atoms with Crippen LogP contribution in [0.4, 0.5) is 0 Å². The molecule has 3 heterocycles. The van der Waals surface area contributed by atoms with Gasteiger partial charge in [-0.3, -0.25) is 9.48 Å². The molecule has 8 heteroatoms. The second-order valence-corrected chi connectivity index (χ2v) is 7.78. The minimum atomic E-state index is -0.277. The summed E-state index contributed by atoms with van der Waals surface area (Å²) < 4.78 is 12.9. The monoisotopic (exact) mass is 422 g/mol. The van der Waals surface area contributed by atoms with E-state index >= 15 is 0 Å². The van der Waals surface area contributed by atoms with Crippen LogP contribution in [0.25, 0.3) is 11.3 Å². The number of carbonyl (C=O) groups is 1. The first-order valence-electron chi connectivity index (χ1n) is 9.69. The number of nitrogens with one attached hydrogen (secondary N) is 1. The molecule has 1 aromatic carbocycles. The number of halogens is 1. The zero-order valence-corrected chi connectivity index (χ0v) is 17.1. The number of aromatic nitrogens is 3. The molecule has 0 fully saturated rings. The number of hydrogen-bond acceptors (Lipinski definition) is 5. The molecule has 4 aromatic rings. The Balaban J connectivity index is 1.40. The van der Waals surface area contributed by atoms with E-state index in [1.165, 1.54) is 0 Å². The van der Waals surface area contributed by atoms with Crippen molar-refractivity contribution in [1.82, 2.24) is 20.3 Å².